The Morgan fingerprint density at radius 3 is 2.65 bits per heavy atom. The van der Waals surface area contributed by atoms with Gasteiger partial charge in [-0.3, -0.25) is 9.59 Å². The van der Waals surface area contributed by atoms with Gasteiger partial charge in [0.2, 0.25) is 5.91 Å². The number of nitrogens with one attached hydrogen (secondary N) is 2. The summed E-state index contributed by atoms with van der Waals surface area (Å²) < 4.78 is 5.14. The number of carbonyl (C=O) groups is 2. The third-order valence-electron chi connectivity index (χ3n) is 2.48. The molecule has 5 heteroatoms. The summed E-state index contributed by atoms with van der Waals surface area (Å²) in [6, 6.07) is 0. The first-order chi connectivity index (χ1) is 7.88. The minimum Gasteiger partial charge on any atom is -0.460 e. The molecule has 17 heavy (non-hydrogen) atoms. The Hall–Kier alpha value is -1.10. The molecule has 1 atom stereocenters. The lowest BCUT2D eigenvalue weighted by atomic mass is 10.1. The molecule has 5 nitrogen and oxygen atoms in total. The van der Waals surface area contributed by atoms with Crippen LogP contribution in [0.3, 0.4) is 0 Å². The van der Waals surface area contributed by atoms with Gasteiger partial charge < -0.3 is 15.4 Å². The van der Waals surface area contributed by atoms with E-state index in [1.54, 1.807) is 0 Å². The molecular formula is C12H22N2O3. The molecule has 1 aliphatic heterocycles. The van der Waals surface area contributed by atoms with E-state index in [4.69, 9.17) is 4.74 Å². The molecule has 98 valence electrons. The Morgan fingerprint density at radius 2 is 2.12 bits per heavy atom. The number of hydrogen-bond acceptors (Lipinski definition) is 4. The van der Waals surface area contributed by atoms with Crippen LogP contribution in [0.2, 0.25) is 0 Å². The summed E-state index contributed by atoms with van der Waals surface area (Å²) in [5.41, 5.74) is -0.462. The second-order valence-corrected chi connectivity index (χ2v) is 5.32. The number of amides is 1. The molecule has 1 unspecified atom stereocenters. The van der Waals surface area contributed by atoms with E-state index in [1.165, 1.54) is 0 Å². The van der Waals surface area contributed by atoms with Crippen LogP contribution < -0.4 is 10.6 Å². The number of carbonyl (C=O) groups excluding carboxylic acids is 2. The van der Waals surface area contributed by atoms with E-state index in [2.05, 4.69) is 10.6 Å². The molecule has 0 aromatic rings. The molecule has 1 heterocycles. The zero-order valence-corrected chi connectivity index (χ0v) is 10.8. The van der Waals surface area contributed by atoms with Crippen molar-refractivity contribution < 1.29 is 14.3 Å². The Morgan fingerprint density at radius 1 is 1.41 bits per heavy atom. The standard InChI is InChI=1S/C12H22N2O3/c1-12(2,3)17-10(15)5-7-14-11(16)9-4-6-13-8-9/h9,13H,4-8H2,1-3H3,(H,14,16). The highest BCUT2D eigenvalue weighted by Gasteiger charge is 2.22. The number of ether oxygens (including phenoxy) is 1. The second-order valence-electron chi connectivity index (χ2n) is 5.32. The van der Waals surface area contributed by atoms with Gasteiger partial charge in [0.1, 0.15) is 5.60 Å². The first kappa shape index (κ1) is 14.0. The highest BCUT2D eigenvalue weighted by molar-refractivity contribution is 5.80. The maximum atomic E-state index is 11.6. The molecule has 1 saturated heterocycles. The van der Waals surface area contributed by atoms with E-state index in [1.807, 2.05) is 20.8 Å². The average Bonchev–Trinajstić information content (AvgIpc) is 2.66. The van der Waals surface area contributed by atoms with Crippen molar-refractivity contribution >= 4 is 11.9 Å². The molecular weight excluding hydrogens is 220 g/mol. The fourth-order valence-electron chi connectivity index (χ4n) is 1.70. The van der Waals surface area contributed by atoms with Gasteiger partial charge in [0.05, 0.1) is 12.3 Å². The smallest absolute Gasteiger partial charge is 0.308 e. The first-order valence-electron chi connectivity index (χ1n) is 6.09. The highest BCUT2D eigenvalue weighted by atomic mass is 16.6. The molecule has 0 saturated carbocycles. The van der Waals surface area contributed by atoms with Crippen molar-refractivity contribution in [2.24, 2.45) is 5.92 Å². The van der Waals surface area contributed by atoms with Crippen LogP contribution in [0.1, 0.15) is 33.6 Å². The van der Waals surface area contributed by atoms with E-state index < -0.39 is 5.60 Å². The molecule has 0 aromatic carbocycles. The molecule has 1 rings (SSSR count). The third-order valence-corrected chi connectivity index (χ3v) is 2.48. The fraction of sp³-hybridized carbons (Fsp3) is 0.833. The lowest BCUT2D eigenvalue weighted by Crippen LogP contribution is -2.34. The maximum Gasteiger partial charge on any atom is 0.308 e. The molecule has 2 N–H and O–H groups in total. The van der Waals surface area contributed by atoms with Crippen LogP contribution in [0.5, 0.6) is 0 Å². The van der Waals surface area contributed by atoms with Gasteiger partial charge >= 0.3 is 5.97 Å². The van der Waals surface area contributed by atoms with E-state index in [0.717, 1.165) is 19.5 Å². The predicted octanol–water partition coefficient (Wildman–Crippen LogP) is 0.444. The number of esters is 1. The van der Waals surface area contributed by atoms with Crippen molar-refractivity contribution in [3.8, 4) is 0 Å². The van der Waals surface area contributed by atoms with Gasteiger partial charge in [0.15, 0.2) is 0 Å². The zero-order valence-electron chi connectivity index (χ0n) is 10.8. The minimum absolute atomic E-state index is 0.0264. The van der Waals surface area contributed by atoms with Crippen molar-refractivity contribution in [1.82, 2.24) is 10.6 Å². The fourth-order valence-corrected chi connectivity index (χ4v) is 1.70. The lowest BCUT2D eigenvalue weighted by Gasteiger charge is -2.19. The zero-order chi connectivity index (χ0) is 12.9. The topological polar surface area (TPSA) is 67.4 Å². The van der Waals surface area contributed by atoms with Crippen molar-refractivity contribution in [2.75, 3.05) is 19.6 Å². The Bertz CT molecular complexity index is 278. The summed E-state index contributed by atoms with van der Waals surface area (Å²) in [6.45, 7) is 7.46. The van der Waals surface area contributed by atoms with Gasteiger partial charge in [0, 0.05) is 13.1 Å². The normalized spacial score (nSPS) is 20.1. The largest absolute Gasteiger partial charge is 0.460 e. The summed E-state index contributed by atoms with van der Waals surface area (Å²) >= 11 is 0. The van der Waals surface area contributed by atoms with Crippen LogP contribution in [0, 0.1) is 5.92 Å². The molecule has 1 aliphatic rings. The van der Waals surface area contributed by atoms with Crippen LogP contribution in [-0.4, -0.2) is 37.1 Å². The van der Waals surface area contributed by atoms with Crippen LogP contribution >= 0.6 is 0 Å². The quantitative estimate of drug-likeness (QED) is 0.702. The molecule has 0 aliphatic carbocycles. The first-order valence-corrected chi connectivity index (χ1v) is 6.09. The Labute approximate surface area is 102 Å². The SMILES string of the molecule is CC(C)(C)OC(=O)CCNC(=O)C1CCNC1. The molecule has 1 amide bonds. The lowest BCUT2D eigenvalue weighted by molar-refractivity contribution is -0.154. The third kappa shape index (κ3) is 5.68. The number of rotatable bonds is 4. The van der Waals surface area contributed by atoms with Crippen LogP contribution in [0.4, 0.5) is 0 Å². The average molecular weight is 242 g/mol. The predicted molar refractivity (Wildman–Crippen MR) is 64.4 cm³/mol. The van der Waals surface area contributed by atoms with Gasteiger partial charge in [-0.05, 0) is 33.7 Å². The van der Waals surface area contributed by atoms with Crippen LogP contribution in [-0.2, 0) is 14.3 Å². The van der Waals surface area contributed by atoms with Gasteiger partial charge in [-0.25, -0.2) is 0 Å². The molecule has 0 spiro atoms. The van der Waals surface area contributed by atoms with Crippen molar-refractivity contribution in [3.05, 3.63) is 0 Å². The second kappa shape index (κ2) is 6.00. The minimum atomic E-state index is -0.462. The van der Waals surface area contributed by atoms with E-state index in [9.17, 15) is 9.59 Å². The van der Waals surface area contributed by atoms with Gasteiger partial charge in [-0.15, -0.1) is 0 Å². The van der Waals surface area contributed by atoms with Crippen LogP contribution in [0.25, 0.3) is 0 Å². The van der Waals surface area contributed by atoms with E-state index in [0.29, 0.717) is 6.54 Å². The molecule has 0 aromatic heterocycles. The van der Waals surface area contributed by atoms with Gasteiger partial charge in [-0.2, -0.15) is 0 Å². The van der Waals surface area contributed by atoms with Gasteiger partial charge in [0.25, 0.3) is 0 Å². The molecule has 1 fully saturated rings. The summed E-state index contributed by atoms with van der Waals surface area (Å²) in [5.74, 6) is -0.199. The van der Waals surface area contributed by atoms with Crippen molar-refractivity contribution in [1.29, 1.82) is 0 Å². The van der Waals surface area contributed by atoms with E-state index >= 15 is 0 Å². The summed E-state index contributed by atoms with van der Waals surface area (Å²) in [5, 5.41) is 5.89. The van der Waals surface area contributed by atoms with Crippen molar-refractivity contribution in [3.63, 3.8) is 0 Å². The Balaban J connectivity index is 2.14. The van der Waals surface area contributed by atoms with Crippen molar-refractivity contribution in [2.45, 2.75) is 39.2 Å². The summed E-state index contributed by atoms with van der Waals surface area (Å²) in [4.78, 5) is 23.0. The number of hydrogen-bond donors (Lipinski definition) is 2. The summed E-state index contributed by atoms with van der Waals surface area (Å²) in [6.07, 6.45) is 1.10. The molecule has 0 radical (unpaired) electrons. The Kier molecular flexibility index (Phi) is 4.93. The maximum absolute atomic E-state index is 11.6. The van der Waals surface area contributed by atoms with Crippen LogP contribution in [0.15, 0.2) is 0 Å². The summed E-state index contributed by atoms with van der Waals surface area (Å²) in [7, 11) is 0. The molecule has 0 bridgehead atoms. The van der Waals surface area contributed by atoms with E-state index in [-0.39, 0.29) is 24.2 Å². The van der Waals surface area contributed by atoms with Gasteiger partial charge in [-0.1, -0.05) is 0 Å². The monoisotopic (exact) mass is 242 g/mol. The highest BCUT2D eigenvalue weighted by Crippen LogP contribution is 2.09.